The van der Waals surface area contributed by atoms with Crippen LogP contribution in [0.25, 0.3) is 0 Å². The van der Waals surface area contributed by atoms with Gasteiger partial charge in [-0.15, -0.1) is 0 Å². The zero-order valence-corrected chi connectivity index (χ0v) is 16.3. The molecule has 0 N–H and O–H groups in total. The number of likely N-dealkylation sites (tertiary alicyclic amines) is 1. The first-order valence-electron chi connectivity index (χ1n) is 8.34. The van der Waals surface area contributed by atoms with E-state index in [0.717, 1.165) is 0 Å². The van der Waals surface area contributed by atoms with E-state index >= 15 is 0 Å². The number of carbonyl (C=O) groups is 2. The molecule has 0 bridgehead atoms. The van der Waals surface area contributed by atoms with Crippen LogP contribution >= 0.6 is 23.2 Å². The summed E-state index contributed by atoms with van der Waals surface area (Å²) in [5.41, 5.74) is 0.686. The summed E-state index contributed by atoms with van der Waals surface area (Å²) in [5, 5.41) is 0.957. The molecule has 138 valence electrons. The molecular formula is C18H23Cl2NO4. The van der Waals surface area contributed by atoms with E-state index in [0.29, 0.717) is 15.6 Å². The molecule has 4 unspecified atom stereocenters. The average molecular weight is 388 g/mol. The lowest BCUT2D eigenvalue weighted by atomic mass is 9.94. The van der Waals surface area contributed by atoms with Crippen molar-refractivity contribution in [1.82, 2.24) is 4.90 Å². The second-order valence-corrected chi connectivity index (χ2v) is 7.21. The van der Waals surface area contributed by atoms with Gasteiger partial charge in [0.25, 0.3) is 0 Å². The normalized spacial score (nSPS) is 25.8. The molecule has 0 saturated carbocycles. The molecule has 0 radical (unpaired) electrons. The number of ether oxygens (including phenoxy) is 2. The average Bonchev–Trinajstić information content (AvgIpc) is 2.74. The van der Waals surface area contributed by atoms with Gasteiger partial charge < -0.3 is 14.4 Å². The molecule has 1 heterocycles. The Labute approximate surface area is 158 Å². The number of nitrogens with zero attached hydrogens (tertiary/aromatic N) is 1. The Hall–Kier alpha value is -1.46. The number of hydrogen-bond donors (Lipinski definition) is 0. The maximum absolute atomic E-state index is 12.9. The van der Waals surface area contributed by atoms with Crippen molar-refractivity contribution in [3.05, 3.63) is 33.8 Å². The molecule has 1 aromatic carbocycles. The monoisotopic (exact) mass is 387 g/mol. The van der Waals surface area contributed by atoms with Gasteiger partial charge in [-0.1, -0.05) is 43.1 Å². The first-order valence-corrected chi connectivity index (χ1v) is 9.10. The molecule has 1 aromatic rings. The Morgan fingerprint density at radius 2 is 1.84 bits per heavy atom. The van der Waals surface area contributed by atoms with Crippen LogP contribution in [0.4, 0.5) is 4.79 Å². The molecular weight excluding hydrogens is 365 g/mol. The third-order valence-electron chi connectivity index (χ3n) is 4.88. The van der Waals surface area contributed by atoms with E-state index in [1.165, 1.54) is 0 Å². The molecule has 5 nitrogen and oxygen atoms in total. The van der Waals surface area contributed by atoms with Crippen LogP contribution in [0.15, 0.2) is 18.2 Å². The summed E-state index contributed by atoms with van der Waals surface area (Å²) in [7, 11) is 0. The van der Waals surface area contributed by atoms with Crippen molar-refractivity contribution in [3.63, 3.8) is 0 Å². The standard InChI is InChI=1S/C18H23Cl2NO4/c1-5-24-18(23)25-17-11(3)10(2)12(4)21(17)16(22)8-13-6-7-14(19)9-15(13)20/h6-7,9-12,17H,5,8H2,1-4H3. The summed E-state index contributed by atoms with van der Waals surface area (Å²) in [4.78, 5) is 26.3. The van der Waals surface area contributed by atoms with Crippen molar-refractivity contribution in [1.29, 1.82) is 0 Å². The Kier molecular flexibility index (Phi) is 6.58. The fourth-order valence-electron chi connectivity index (χ4n) is 3.14. The fourth-order valence-corrected chi connectivity index (χ4v) is 3.62. The summed E-state index contributed by atoms with van der Waals surface area (Å²) in [6.45, 7) is 7.89. The smallest absolute Gasteiger partial charge is 0.435 e. The van der Waals surface area contributed by atoms with Gasteiger partial charge in [0, 0.05) is 22.0 Å². The Bertz CT molecular complexity index is 652. The molecule has 1 amide bonds. The van der Waals surface area contributed by atoms with Gasteiger partial charge in [0.15, 0.2) is 6.23 Å². The zero-order valence-electron chi connectivity index (χ0n) is 14.8. The quantitative estimate of drug-likeness (QED) is 0.711. The Morgan fingerprint density at radius 3 is 2.44 bits per heavy atom. The SMILES string of the molecule is CCOC(=O)OC1C(C)C(C)C(C)N1C(=O)Cc1ccc(Cl)cc1Cl. The molecule has 4 atom stereocenters. The third-order valence-corrected chi connectivity index (χ3v) is 5.46. The van der Waals surface area contributed by atoms with Crippen LogP contribution in [-0.2, 0) is 20.7 Å². The summed E-state index contributed by atoms with van der Waals surface area (Å²) < 4.78 is 10.3. The predicted molar refractivity (Wildman–Crippen MR) is 96.7 cm³/mol. The molecule has 1 aliphatic heterocycles. The molecule has 25 heavy (non-hydrogen) atoms. The Morgan fingerprint density at radius 1 is 1.16 bits per heavy atom. The second-order valence-electron chi connectivity index (χ2n) is 6.36. The van der Waals surface area contributed by atoms with Crippen LogP contribution in [0.5, 0.6) is 0 Å². The van der Waals surface area contributed by atoms with Crippen molar-refractivity contribution in [3.8, 4) is 0 Å². The molecule has 1 aliphatic rings. The number of carbonyl (C=O) groups excluding carboxylic acids is 2. The number of rotatable bonds is 4. The fraction of sp³-hybridized carbons (Fsp3) is 0.556. The van der Waals surface area contributed by atoms with Crippen LogP contribution in [0, 0.1) is 11.8 Å². The van der Waals surface area contributed by atoms with Gasteiger partial charge in [-0.2, -0.15) is 0 Å². The van der Waals surface area contributed by atoms with Crippen molar-refractivity contribution in [2.24, 2.45) is 11.8 Å². The van der Waals surface area contributed by atoms with Gasteiger partial charge in [-0.3, -0.25) is 4.79 Å². The van der Waals surface area contributed by atoms with E-state index in [2.05, 4.69) is 0 Å². The van der Waals surface area contributed by atoms with E-state index in [1.54, 1.807) is 30.0 Å². The number of halogens is 2. The summed E-state index contributed by atoms with van der Waals surface area (Å²) in [6, 6.07) is 4.98. The highest BCUT2D eigenvalue weighted by molar-refractivity contribution is 6.35. The minimum absolute atomic E-state index is 0.00375. The van der Waals surface area contributed by atoms with Crippen molar-refractivity contribution >= 4 is 35.3 Å². The van der Waals surface area contributed by atoms with Gasteiger partial charge in [0.2, 0.25) is 5.91 Å². The first-order chi connectivity index (χ1) is 11.8. The summed E-state index contributed by atoms with van der Waals surface area (Å²) >= 11 is 12.1. The second kappa shape index (κ2) is 8.28. The topological polar surface area (TPSA) is 55.8 Å². The van der Waals surface area contributed by atoms with Crippen LogP contribution in [0.2, 0.25) is 10.0 Å². The van der Waals surface area contributed by atoms with Crippen LogP contribution in [0.1, 0.15) is 33.3 Å². The largest absolute Gasteiger partial charge is 0.510 e. The lowest BCUT2D eigenvalue weighted by Crippen LogP contribution is -2.44. The van der Waals surface area contributed by atoms with E-state index in [9.17, 15) is 9.59 Å². The minimum Gasteiger partial charge on any atom is -0.435 e. The minimum atomic E-state index is -0.761. The van der Waals surface area contributed by atoms with E-state index in [1.807, 2.05) is 20.8 Å². The van der Waals surface area contributed by atoms with Crippen LogP contribution in [-0.4, -0.2) is 35.8 Å². The van der Waals surface area contributed by atoms with Gasteiger partial charge in [0.1, 0.15) is 0 Å². The molecule has 0 aromatic heterocycles. The van der Waals surface area contributed by atoms with Gasteiger partial charge in [-0.25, -0.2) is 4.79 Å². The van der Waals surface area contributed by atoms with Crippen molar-refractivity contribution in [2.45, 2.75) is 46.4 Å². The Balaban J connectivity index is 2.19. The lowest BCUT2D eigenvalue weighted by Gasteiger charge is -2.29. The number of hydrogen-bond acceptors (Lipinski definition) is 4. The predicted octanol–water partition coefficient (Wildman–Crippen LogP) is 4.54. The molecule has 0 aliphatic carbocycles. The first kappa shape index (κ1) is 19.9. The molecule has 0 spiro atoms. The highest BCUT2D eigenvalue weighted by Gasteiger charge is 2.47. The summed E-state index contributed by atoms with van der Waals surface area (Å²) in [6.07, 6.45) is -1.30. The maximum Gasteiger partial charge on any atom is 0.510 e. The third kappa shape index (κ3) is 4.39. The van der Waals surface area contributed by atoms with Gasteiger partial charge in [-0.05, 0) is 37.5 Å². The van der Waals surface area contributed by atoms with Gasteiger partial charge >= 0.3 is 6.16 Å². The van der Waals surface area contributed by atoms with E-state index in [4.69, 9.17) is 32.7 Å². The van der Waals surface area contributed by atoms with Gasteiger partial charge in [0.05, 0.1) is 13.0 Å². The molecule has 1 saturated heterocycles. The number of amides is 1. The highest BCUT2D eigenvalue weighted by atomic mass is 35.5. The van der Waals surface area contributed by atoms with Crippen molar-refractivity contribution in [2.75, 3.05) is 6.61 Å². The summed E-state index contributed by atoms with van der Waals surface area (Å²) in [5.74, 6) is 0.0373. The van der Waals surface area contributed by atoms with Crippen molar-refractivity contribution < 1.29 is 19.1 Å². The zero-order chi connectivity index (χ0) is 18.7. The van der Waals surface area contributed by atoms with Crippen LogP contribution in [0.3, 0.4) is 0 Å². The van der Waals surface area contributed by atoms with E-state index < -0.39 is 12.4 Å². The molecule has 1 fully saturated rings. The van der Waals surface area contributed by atoms with Crippen LogP contribution < -0.4 is 0 Å². The number of benzene rings is 1. The lowest BCUT2D eigenvalue weighted by molar-refractivity contribution is -0.142. The molecule has 2 rings (SSSR count). The van der Waals surface area contributed by atoms with E-state index in [-0.39, 0.29) is 36.8 Å². The highest BCUT2D eigenvalue weighted by Crippen LogP contribution is 2.36. The maximum atomic E-state index is 12.9. The molecule has 7 heteroatoms.